The Morgan fingerprint density at radius 2 is 1.37 bits per heavy atom. The molecule has 4 atom stereocenters. The molecule has 1 heterocycles. The molecule has 30 heavy (non-hydrogen) atoms. The number of anilines is 4. The van der Waals surface area contributed by atoms with Gasteiger partial charge in [-0.25, -0.2) is 0 Å². The molecule has 1 aliphatic heterocycles. The Labute approximate surface area is 183 Å². The van der Waals surface area contributed by atoms with E-state index in [1.165, 1.54) is 29.2 Å². The third-order valence-corrected chi connectivity index (χ3v) is 14.9. The smallest absolute Gasteiger partial charge is 0.160 e. The summed E-state index contributed by atoms with van der Waals surface area (Å²) in [6.45, 7) is 13.1. The Kier molecular flexibility index (Phi) is 4.64. The van der Waals surface area contributed by atoms with Crippen LogP contribution in [0.25, 0.3) is 0 Å². The van der Waals surface area contributed by atoms with Crippen LogP contribution in [0.15, 0.2) is 72.8 Å². The van der Waals surface area contributed by atoms with Crippen LogP contribution in [0.2, 0.25) is 43.8 Å². The maximum Gasteiger partial charge on any atom is 0.160 e. The fourth-order valence-electron chi connectivity index (χ4n) is 6.45. The zero-order valence-electron chi connectivity index (χ0n) is 18.9. The fraction of sp³-hybridized carbons (Fsp3) is 0.385. The van der Waals surface area contributed by atoms with E-state index in [1.54, 1.807) is 0 Å². The predicted octanol–water partition coefficient (Wildman–Crippen LogP) is 7.93. The minimum atomic E-state index is -1.91. The van der Waals surface area contributed by atoms with E-state index in [-0.39, 0.29) is 0 Å². The normalized spacial score (nSPS) is 27.3. The highest BCUT2D eigenvalue weighted by atomic mass is 28.3. The first-order valence-corrected chi connectivity index (χ1v) is 18.0. The zero-order valence-corrected chi connectivity index (χ0v) is 20.9. The van der Waals surface area contributed by atoms with Gasteiger partial charge in [-0.05, 0) is 53.6 Å². The minimum absolute atomic E-state index is 0.683. The molecule has 1 saturated carbocycles. The van der Waals surface area contributed by atoms with E-state index in [2.05, 4.69) is 115 Å². The quantitative estimate of drug-likeness (QED) is 0.497. The largest absolute Gasteiger partial charge is 0.366 e. The number of nitrogens with zero attached hydrogens (tertiary/aromatic N) is 1. The van der Waals surface area contributed by atoms with Crippen LogP contribution < -0.4 is 9.88 Å². The molecule has 2 nitrogen and oxygen atoms in total. The highest BCUT2D eigenvalue weighted by Gasteiger charge is 2.56. The Hall–Kier alpha value is -2.05. The van der Waals surface area contributed by atoms with Crippen molar-refractivity contribution in [2.75, 3.05) is 9.88 Å². The first-order chi connectivity index (χ1) is 14.3. The lowest BCUT2D eigenvalue weighted by atomic mass is 9.92. The highest BCUT2D eigenvalue weighted by molar-refractivity contribution is 6.87. The molecule has 0 amide bonds. The van der Waals surface area contributed by atoms with Gasteiger partial charge in [0.05, 0.1) is 22.7 Å². The molecular formula is C26H34N2Si2. The first-order valence-electron chi connectivity index (χ1n) is 11.4. The van der Waals surface area contributed by atoms with E-state index >= 15 is 0 Å². The van der Waals surface area contributed by atoms with Gasteiger partial charge in [-0.15, -0.1) is 0 Å². The third-order valence-electron chi connectivity index (χ3n) is 7.74. The summed E-state index contributed by atoms with van der Waals surface area (Å²) < 4.78 is 2.79. The highest BCUT2D eigenvalue weighted by Crippen LogP contribution is 2.62. The van der Waals surface area contributed by atoms with Crippen LogP contribution in [-0.4, -0.2) is 16.3 Å². The van der Waals surface area contributed by atoms with Crippen molar-refractivity contribution in [1.82, 2.24) is 0 Å². The van der Waals surface area contributed by atoms with Gasteiger partial charge in [-0.1, -0.05) is 81.3 Å². The zero-order chi connectivity index (χ0) is 21.1. The summed E-state index contributed by atoms with van der Waals surface area (Å²) in [7, 11) is -3.22. The second kappa shape index (κ2) is 6.99. The number of benzene rings is 2. The van der Waals surface area contributed by atoms with Gasteiger partial charge < -0.3 is 9.88 Å². The van der Waals surface area contributed by atoms with Crippen LogP contribution in [0.5, 0.6) is 0 Å². The van der Waals surface area contributed by atoms with Gasteiger partial charge in [-0.2, -0.15) is 0 Å². The molecule has 1 N–H and O–H groups in total. The maximum atomic E-state index is 3.69. The van der Waals surface area contributed by atoms with Crippen molar-refractivity contribution in [3.63, 3.8) is 0 Å². The van der Waals surface area contributed by atoms with Crippen molar-refractivity contribution in [2.24, 2.45) is 11.8 Å². The monoisotopic (exact) mass is 430 g/mol. The van der Waals surface area contributed by atoms with E-state index in [1.807, 2.05) is 0 Å². The van der Waals surface area contributed by atoms with E-state index < -0.39 is 16.3 Å². The van der Waals surface area contributed by atoms with Crippen molar-refractivity contribution in [3.8, 4) is 0 Å². The van der Waals surface area contributed by atoms with Crippen molar-refractivity contribution in [1.29, 1.82) is 0 Å². The molecule has 5 rings (SSSR count). The summed E-state index contributed by atoms with van der Waals surface area (Å²) in [5.41, 5.74) is 6.83. The molecule has 2 aliphatic carbocycles. The molecule has 0 bridgehead atoms. The summed E-state index contributed by atoms with van der Waals surface area (Å²) in [5, 5.41) is 3.69. The van der Waals surface area contributed by atoms with Gasteiger partial charge in [0.2, 0.25) is 0 Å². The van der Waals surface area contributed by atoms with Gasteiger partial charge in [-0.3, -0.25) is 0 Å². The van der Waals surface area contributed by atoms with Crippen molar-refractivity contribution >= 4 is 39.1 Å². The summed E-state index contributed by atoms with van der Waals surface area (Å²) >= 11 is 0. The third kappa shape index (κ3) is 3.04. The molecule has 0 saturated heterocycles. The summed E-state index contributed by atoms with van der Waals surface area (Å²) in [5.74, 6) is 1.40. The number of para-hydroxylation sites is 4. The maximum absolute atomic E-state index is 3.69. The molecular weight excluding hydrogens is 396 g/mol. The number of hydrogen-bond donors (Lipinski definition) is 1. The molecule has 3 aliphatic rings. The Morgan fingerprint density at radius 3 is 1.97 bits per heavy atom. The number of rotatable bonds is 3. The molecule has 0 radical (unpaired) electrons. The number of allylic oxidation sites excluding steroid dienone is 4. The van der Waals surface area contributed by atoms with E-state index in [0.29, 0.717) is 5.92 Å². The lowest BCUT2D eigenvalue weighted by Crippen LogP contribution is -2.54. The standard InChI is InChI=1S/C26H34N2Si2/c1-29(2,3)25-18-19-12-6-7-13-20(19)26(25)30(4,5)28-23-16-10-8-14-21(23)27-22-15-9-11-17-24(22)28/h6-17,19-20,25-27H,18H2,1-5H3/t19-,20-,25+,26?/m0/s1. The van der Waals surface area contributed by atoms with Crippen LogP contribution in [-0.2, 0) is 0 Å². The second-order valence-electron chi connectivity index (χ2n) is 10.9. The number of fused-ring (bicyclic) bond motifs is 3. The van der Waals surface area contributed by atoms with E-state index in [4.69, 9.17) is 0 Å². The molecule has 2 aromatic rings. The number of nitrogens with one attached hydrogen (secondary N) is 1. The Bertz CT molecular complexity index is 972. The molecule has 0 spiro atoms. The van der Waals surface area contributed by atoms with Crippen molar-refractivity contribution < 1.29 is 0 Å². The van der Waals surface area contributed by atoms with E-state index in [9.17, 15) is 0 Å². The molecule has 4 heteroatoms. The SMILES string of the molecule is C[Si](C)(C)[C@@H]1C[C@@H]2C=CC=C[C@@H]2C1[Si](C)(C)N1c2ccccc2Nc2ccccc21. The molecule has 0 aromatic heterocycles. The number of hydrogen-bond acceptors (Lipinski definition) is 2. The van der Waals surface area contributed by atoms with Gasteiger partial charge in [0.15, 0.2) is 8.24 Å². The summed E-state index contributed by atoms with van der Waals surface area (Å²) in [6, 6.07) is 17.8. The minimum Gasteiger partial charge on any atom is -0.366 e. The van der Waals surface area contributed by atoms with Crippen LogP contribution in [0.4, 0.5) is 22.7 Å². The van der Waals surface area contributed by atoms with Crippen LogP contribution >= 0.6 is 0 Å². The van der Waals surface area contributed by atoms with Crippen molar-refractivity contribution in [2.45, 2.75) is 50.2 Å². The molecule has 2 aromatic carbocycles. The Morgan fingerprint density at radius 1 is 0.800 bits per heavy atom. The topological polar surface area (TPSA) is 15.3 Å². The lowest BCUT2D eigenvalue weighted by molar-refractivity contribution is 0.544. The Balaban J connectivity index is 1.68. The van der Waals surface area contributed by atoms with Crippen LogP contribution in [0, 0.1) is 11.8 Å². The van der Waals surface area contributed by atoms with Crippen LogP contribution in [0.3, 0.4) is 0 Å². The van der Waals surface area contributed by atoms with Gasteiger partial charge in [0, 0.05) is 8.07 Å². The van der Waals surface area contributed by atoms with Gasteiger partial charge in [0.1, 0.15) is 0 Å². The molecule has 1 fully saturated rings. The molecule has 156 valence electrons. The summed E-state index contributed by atoms with van der Waals surface area (Å²) in [4.78, 5) is 0. The fourth-order valence-corrected chi connectivity index (χ4v) is 15.8. The average molecular weight is 431 g/mol. The van der Waals surface area contributed by atoms with Gasteiger partial charge in [0.25, 0.3) is 0 Å². The second-order valence-corrected chi connectivity index (χ2v) is 20.8. The average Bonchev–Trinajstić information content (AvgIpc) is 3.13. The van der Waals surface area contributed by atoms with Gasteiger partial charge >= 0.3 is 0 Å². The molecule has 1 unspecified atom stereocenters. The van der Waals surface area contributed by atoms with Crippen LogP contribution in [0.1, 0.15) is 6.42 Å². The van der Waals surface area contributed by atoms with E-state index in [0.717, 1.165) is 17.0 Å². The first kappa shape index (κ1) is 19.9. The lowest BCUT2D eigenvalue weighted by Gasteiger charge is -2.51. The summed E-state index contributed by atoms with van der Waals surface area (Å²) in [6.07, 6.45) is 11.0. The predicted molar refractivity (Wildman–Crippen MR) is 137 cm³/mol. The van der Waals surface area contributed by atoms with Crippen molar-refractivity contribution in [3.05, 3.63) is 72.8 Å².